The molecule has 7 nitrogen and oxygen atoms in total. The van der Waals surface area contributed by atoms with Crippen molar-refractivity contribution in [1.82, 2.24) is 5.32 Å². The molecule has 1 aliphatic heterocycles. The Bertz CT molecular complexity index is 1520. The molecule has 1 amide bonds. The summed E-state index contributed by atoms with van der Waals surface area (Å²) in [5.41, 5.74) is 4.23. The van der Waals surface area contributed by atoms with E-state index in [0.29, 0.717) is 23.7 Å². The lowest BCUT2D eigenvalue weighted by atomic mass is 10.0. The molecule has 4 aromatic rings. The maximum atomic E-state index is 13.1. The van der Waals surface area contributed by atoms with E-state index in [9.17, 15) is 9.59 Å². The van der Waals surface area contributed by atoms with Gasteiger partial charge in [0.25, 0.3) is 5.91 Å². The van der Waals surface area contributed by atoms with E-state index < -0.39 is 0 Å². The second-order valence-corrected chi connectivity index (χ2v) is 9.76. The number of carbonyl (C=O) groups is 1. The summed E-state index contributed by atoms with van der Waals surface area (Å²) in [6, 6.07) is 26.5. The van der Waals surface area contributed by atoms with E-state index in [1.54, 1.807) is 25.3 Å². The summed E-state index contributed by atoms with van der Waals surface area (Å²) in [5.74, 6) is 0.765. The fraction of sp³-hybridized carbons (Fsp3) is 0.235. The van der Waals surface area contributed by atoms with Crippen molar-refractivity contribution in [3.05, 3.63) is 123 Å². The molecule has 1 aromatic heterocycles. The molecule has 3 aromatic carbocycles. The second-order valence-electron chi connectivity index (χ2n) is 9.76. The average Bonchev–Trinajstić information content (AvgIpc) is 3.03. The van der Waals surface area contributed by atoms with E-state index in [-0.39, 0.29) is 36.6 Å². The molecular formula is C34H33NO6. The van der Waals surface area contributed by atoms with Gasteiger partial charge in [0.05, 0.1) is 0 Å². The van der Waals surface area contributed by atoms with Gasteiger partial charge in [0, 0.05) is 25.3 Å². The van der Waals surface area contributed by atoms with Crippen LogP contribution in [0, 0.1) is 0 Å². The molecule has 210 valence electrons. The zero-order chi connectivity index (χ0) is 28.4. The van der Waals surface area contributed by atoms with Crippen molar-refractivity contribution in [2.45, 2.75) is 38.8 Å². The minimum Gasteiger partial charge on any atom is -0.481 e. The van der Waals surface area contributed by atoms with Gasteiger partial charge < -0.3 is 23.9 Å². The van der Waals surface area contributed by atoms with Gasteiger partial charge in [-0.1, -0.05) is 72.8 Å². The molecule has 0 radical (unpaired) electrons. The highest BCUT2D eigenvalue weighted by Gasteiger charge is 2.17. The van der Waals surface area contributed by atoms with Gasteiger partial charge in [-0.15, -0.1) is 0 Å². The van der Waals surface area contributed by atoms with E-state index in [1.165, 1.54) is 6.07 Å². The number of nitrogens with one attached hydrogen (secondary N) is 1. The Morgan fingerprint density at radius 3 is 2.34 bits per heavy atom. The third-order valence-electron chi connectivity index (χ3n) is 6.80. The van der Waals surface area contributed by atoms with Crippen LogP contribution in [0.2, 0.25) is 0 Å². The lowest BCUT2D eigenvalue weighted by molar-refractivity contribution is -0.171. The fourth-order valence-electron chi connectivity index (χ4n) is 4.54. The summed E-state index contributed by atoms with van der Waals surface area (Å²) < 4.78 is 23.5. The Morgan fingerprint density at radius 2 is 1.66 bits per heavy atom. The first-order chi connectivity index (χ1) is 20.1. The lowest BCUT2D eigenvalue weighted by Gasteiger charge is -2.22. The Hall–Kier alpha value is -4.46. The highest BCUT2D eigenvalue weighted by atomic mass is 16.7. The Kier molecular flexibility index (Phi) is 9.41. The zero-order valence-electron chi connectivity index (χ0n) is 23.0. The van der Waals surface area contributed by atoms with Crippen molar-refractivity contribution >= 4 is 18.1 Å². The van der Waals surface area contributed by atoms with Crippen LogP contribution in [0.1, 0.15) is 52.3 Å². The Morgan fingerprint density at radius 1 is 0.927 bits per heavy atom. The minimum atomic E-state index is -0.291. The number of rotatable bonds is 10. The maximum absolute atomic E-state index is 13.1. The van der Waals surface area contributed by atoms with E-state index in [2.05, 4.69) is 5.32 Å². The van der Waals surface area contributed by atoms with Crippen LogP contribution in [0.5, 0.6) is 5.75 Å². The topological polar surface area (TPSA) is 87.0 Å². The third kappa shape index (κ3) is 7.60. The van der Waals surface area contributed by atoms with Crippen molar-refractivity contribution < 1.29 is 23.4 Å². The van der Waals surface area contributed by atoms with Gasteiger partial charge >= 0.3 is 0 Å². The molecule has 7 heteroatoms. The molecule has 1 saturated heterocycles. The van der Waals surface area contributed by atoms with E-state index in [1.807, 2.05) is 72.8 Å². The van der Waals surface area contributed by atoms with Gasteiger partial charge in [-0.25, -0.2) is 0 Å². The van der Waals surface area contributed by atoms with Crippen LogP contribution >= 0.6 is 0 Å². The predicted octanol–water partition coefficient (Wildman–Crippen LogP) is 6.46. The summed E-state index contributed by atoms with van der Waals surface area (Å²) in [7, 11) is 1.61. The quantitative estimate of drug-likeness (QED) is 0.243. The van der Waals surface area contributed by atoms with E-state index >= 15 is 0 Å². The summed E-state index contributed by atoms with van der Waals surface area (Å²) in [6.45, 7) is 1.05. The number of amides is 1. The molecule has 1 aliphatic rings. The van der Waals surface area contributed by atoms with Crippen LogP contribution in [0.15, 0.2) is 94.1 Å². The van der Waals surface area contributed by atoms with Gasteiger partial charge in [-0.3, -0.25) is 9.59 Å². The SMILES string of the molecule is CNC(=O)c1ccc(-c2ccc(/C=C/c3oc(COC4CCCCO4)cc(=O)c3OCc3ccccc3)cc2)cc1. The number of hydrogen-bond donors (Lipinski definition) is 1. The van der Waals surface area contributed by atoms with Crippen LogP contribution in [0.4, 0.5) is 0 Å². The summed E-state index contributed by atoms with van der Waals surface area (Å²) in [5, 5.41) is 2.63. The smallest absolute Gasteiger partial charge is 0.251 e. The van der Waals surface area contributed by atoms with Crippen LogP contribution in [0.25, 0.3) is 23.3 Å². The molecule has 5 rings (SSSR count). The first-order valence-corrected chi connectivity index (χ1v) is 13.8. The normalized spacial score (nSPS) is 15.1. The average molecular weight is 552 g/mol. The number of benzene rings is 3. The summed E-state index contributed by atoms with van der Waals surface area (Å²) >= 11 is 0. The molecule has 0 spiro atoms. The molecule has 1 atom stereocenters. The lowest BCUT2D eigenvalue weighted by Crippen LogP contribution is -2.22. The third-order valence-corrected chi connectivity index (χ3v) is 6.80. The molecule has 0 bridgehead atoms. The zero-order valence-corrected chi connectivity index (χ0v) is 23.0. The Balaban J connectivity index is 1.35. The highest BCUT2D eigenvalue weighted by Crippen LogP contribution is 2.24. The molecule has 1 N–H and O–H groups in total. The van der Waals surface area contributed by atoms with Crippen LogP contribution in [-0.2, 0) is 22.7 Å². The molecule has 41 heavy (non-hydrogen) atoms. The predicted molar refractivity (Wildman–Crippen MR) is 158 cm³/mol. The first kappa shape index (κ1) is 28.1. The number of carbonyl (C=O) groups excluding carboxylic acids is 1. The van der Waals surface area contributed by atoms with Crippen LogP contribution in [0.3, 0.4) is 0 Å². The summed E-state index contributed by atoms with van der Waals surface area (Å²) in [4.78, 5) is 24.9. The first-order valence-electron chi connectivity index (χ1n) is 13.8. The number of hydrogen-bond acceptors (Lipinski definition) is 6. The molecular weight excluding hydrogens is 518 g/mol. The van der Waals surface area contributed by atoms with Gasteiger partial charge in [-0.2, -0.15) is 0 Å². The highest BCUT2D eigenvalue weighted by molar-refractivity contribution is 5.94. The van der Waals surface area contributed by atoms with Gasteiger partial charge in [-0.05, 0) is 59.7 Å². The monoisotopic (exact) mass is 551 g/mol. The van der Waals surface area contributed by atoms with Gasteiger partial charge in [0.15, 0.2) is 12.1 Å². The molecule has 0 aliphatic carbocycles. The van der Waals surface area contributed by atoms with Gasteiger partial charge in [0.2, 0.25) is 11.2 Å². The van der Waals surface area contributed by atoms with Crippen LogP contribution in [-0.4, -0.2) is 25.9 Å². The molecule has 2 heterocycles. The van der Waals surface area contributed by atoms with Crippen molar-refractivity contribution in [2.24, 2.45) is 0 Å². The van der Waals surface area contributed by atoms with Crippen LogP contribution < -0.4 is 15.5 Å². The summed E-state index contributed by atoms with van der Waals surface area (Å²) in [6.07, 6.45) is 6.23. The number of ether oxygens (including phenoxy) is 3. The Labute approximate surface area is 239 Å². The van der Waals surface area contributed by atoms with Crippen molar-refractivity contribution in [3.63, 3.8) is 0 Å². The molecule has 1 fully saturated rings. The van der Waals surface area contributed by atoms with Crippen molar-refractivity contribution in [3.8, 4) is 16.9 Å². The minimum absolute atomic E-state index is 0.117. The van der Waals surface area contributed by atoms with E-state index in [4.69, 9.17) is 18.6 Å². The molecule has 1 unspecified atom stereocenters. The van der Waals surface area contributed by atoms with Gasteiger partial charge in [0.1, 0.15) is 19.0 Å². The maximum Gasteiger partial charge on any atom is 0.251 e. The van der Waals surface area contributed by atoms with Crippen molar-refractivity contribution in [2.75, 3.05) is 13.7 Å². The largest absolute Gasteiger partial charge is 0.481 e. The van der Waals surface area contributed by atoms with Crippen molar-refractivity contribution in [1.29, 1.82) is 0 Å². The second kappa shape index (κ2) is 13.7. The standard InChI is InChI=1S/C34H33NO6/c1-35-34(37)28-17-15-27(16-18-28)26-13-10-24(11-14-26)12-19-31-33(40-22-25-7-3-2-4-8-25)30(36)21-29(41-31)23-39-32-9-5-6-20-38-32/h2-4,7-8,10-19,21,32H,5-6,9,20,22-23H2,1H3,(H,35,37)/b19-12+. The molecule has 0 saturated carbocycles. The van der Waals surface area contributed by atoms with E-state index in [0.717, 1.165) is 41.5 Å². The fourth-order valence-corrected chi connectivity index (χ4v) is 4.54.